The lowest BCUT2D eigenvalue weighted by molar-refractivity contribution is 0.669. The van der Waals surface area contributed by atoms with Crippen molar-refractivity contribution in [1.82, 2.24) is 15.0 Å². The fourth-order valence-electron chi connectivity index (χ4n) is 8.96. The zero-order valence-corrected chi connectivity index (χ0v) is 33.0. The number of para-hydroxylation sites is 1. The SMILES string of the molecule is c1ccc(-c2cccc(-c3nc(-c4ccc(-c5c6ccccc6cc6c5ccc5ccccc56)cc4)nc(-c4ccccc4-c4ccc5c(c4)oc4ccccc45)n3)c2)cc1. The van der Waals surface area contributed by atoms with Crippen LogP contribution >= 0.6 is 0 Å². The first kappa shape index (κ1) is 34.8. The number of hydrogen-bond acceptors (Lipinski definition) is 4. The van der Waals surface area contributed by atoms with Gasteiger partial charge in [-0.05, 0) is 96.0 Å². The Morgan fingerprint density at radius 3 is 1.70 bits per heavy atom. The molecule has 0 saturated heterocycles. The Hall–Kier alpha value is -8.21. The van der Waals surface area contributed by atoms with Gasteiger partial charge < -0.3 is 4.42 Å². The van der Waals surface area contributed by atoms with E-state index in [2.05, 4.69) is 182 Å². The van der Waals surface area contributed by atoms with E-state index in [1.165, 1.54) is 37.9 Å². The summed E-state index contributed by atoms with van der Waals surface area (Å²) in [5.41, 5.74) is 11.1. The molecular weight excluding hydrogens is 743 g/mol. The van der Waals surface area contributed by atoms with Crippen molar-refractivity contribution < 1.29 is 4.42 Å². The maximum atomic E-state index is 6.33. The van der Waals surface area contributed by atoms with Crippen molar-refractivity contribution in [3.63, 3.8) is 0 Å². The Morgan fingerprint density at radius 1 is 0.262 bits per heavy atom. The third kappa shape index (κ3) is 6.04. The molecule has 0 bridgehead atoms. The quantitative estimate of drug-likeness (QED) is 0.125. The molecule has 10 aromatic carbocycles. The van der Waals surface area contributed by atoms with Crippen molar-refractivity contribution >= 4 is 54.3 Å². The van der Waals surface area contributed by atoms with Gasteiger partial charge in [-0.3, -0.25) is 0 Å². The van der Waals surface area contributed by atoms with Crippen LogP contribution in [0.15, 0.2) is 217 Å². The number of hydrogen-bond donors (Lipinski definition) is 0. The van der Waals surface area contributed by atoms with Crippen molar-refractivity contribution in [2.45, 2.75) is 0 Å². The molecule has 0 atom stereocenters. The maximum absolute atomic E-state index is 6.33. The van der Waals surface area contributed by atoms with E-state index in [0.29, 0.717) is 17.5 Å². The van der Waals surface area contributed by atoms with Crippen molar-refractivity contribution in [3.05, 3.63) is 212 Å². The first-order chi connectivity index (χ1) is 30.2. The molecule has 0 aliphatic rings. The second-order valence-corrected chi connectivity index (χ2v) is 15.5. The van der Waals surface area contributed by atoms with E-state index in [9.17, 15) is 0 Å². The highest BCUT2D eigenvalue weighted by Crippen LogP contribution is 2.41. The summed E-state index contributed by atoms with van der Waals surface area (Å²) < 4.78 is 6.33. The first-order valence-corrected chi connectivity index (χ1v) is 20.6. The molecule has 0 saturated carbocycles. The van der Waals surface area contributed by atoms with Crippen molar-refractivity contribution in [2.75, 3.05) is 0 Å². The molecule has 2 aromatic heterocycles. The van der Waals surface area contributed by atoms with Gasteiger partial charge in [0.05, 0.1) is 0 Å². The van der Waals surface area contributed by atoms with E-state index in [1.54, 1.807) is 0 Å². The van der Waals surface area contributed by atoms with E-state index in [4.69, 9.17) is 19.4 Å². The second-order valence-electron chi connectivity index (χ2n) is 15.5. The van der Waals surface area contributed by atoms with Crippen LogP contribution in [0.4, 0.5) is 0 Å². The van der Waals surface area contributed by atoms with E-state index < -0.39 is 0 Å². The molecule has 4 heteroatoms. The largest absolute Gasteiger partial charge is 0.456 e. The average Bonchev–Trinajstić information content (AvgIpc) is 3.71. The molecule has 0 aliphatic heterocycles. The number of rotatable bonds is 6. The summed E-state index contributed by atoms with van der Waals surface area (Å²) in [4.78, 5) is 15.7. The lowest BCUT2D eigenvalue weighted by Gasteiger charge is -2.15. The van der Waals surface area contributed by atoms with Crippen LogP contribution in [0.3, 0.4) is 0 Å². The van der Waals surface area contributed by atoms with Crippen LogP contribution in [0.5, 0.6) is 0 Å². The Balaban J connectivity index is 1.02. The summed E-state index contributed by atoms with van der Waals surface area (Å²) >= 11 is 0. The molecule has 61 heavy (non-hydrogen) atoms. The van der Waals surface area contributed by atoms with Gasteiger partial charge in [-0.25, -0.2) is 15.0 Å². The highest BCUT2D eigenvalue weighted by molar-refractivity contribution is 6.20. The maximum Gasteiger partial charge on any atom is 0.164 e. The molecule has 0 aliphatic carbocycles. The van der Waals surface area contributed by atoms with E-state index >= 15 is 0 Å². The Labute approximate surface area is 352 Å². The van der Waals surface area contributed by atoms with Crippen LogP contribution in [0.25, 0.3) is 122 Å². The lowest BCUT2D eigenvalue weighted by atomic mass is 9.89. The molecule has 0 unspecified atom stereocenters. The summed E-state index contributed by atoms with van der Waals surface area (Å²) in [6, 6.07) is 74.7. The minimum Gasteiger partial charge on any atom is -0.456 e. The van der Waals surface area contributed by atoms with Gasteiger partial charge in [0.15, 0.2) is 17.5 Å². The monoisotopic (exact) mass is 777 g/mol. The minimum absolute atomic E-state index is 0.599. The van der Waals surface area contributed by atoms with Gasteiger partial charge in [0.25, 0.3) is 0 Å². The first-order valence-electron chi connectivity index (χ1n) is 20.6. The molecule has 12 rings (SSSR count). The van der Waals surface area contributed by atoms with Gasteiger partial charge >= 0.3 is 0 Å². The van der Waals surface area contributed by atoms with Crippen LogP contribution in [-0.2, 0) is 0 Å². The van der Waals surface area contributed by atoms with E-state index in [0.717, 1.165) is 66.4 Å². The normalized spacial score (nSPS) is 11.6. The summed E-state index contributed by atoms with van der Waals surface area (Å²) in [6.07, 6.45) is 0. The molecule has 12 aromatic rings. The van der Waals surface area contributed by atoms with Crippen LogP contribution < -0.4 is 0 Å². The standard InChI is InChI=1S/C57H35N3O/c1-2-13-36(14-3-1)40-17-12-18-43(33-40)56-58-55(59-57(60-56)50-23-9-8-20-45(50)42-30-31-48-47-22-10-11-24-52(47)61-53(48)35-42)39-27-25-38(26-28-39)54-46-21-7-5-16-41(46)34-51-44-19-6-4-15-37(44)29-32-49(51)54/h1-35H. The molecule has 284 valence electrons. The second kappa shape index (κ2) is 14.3. The molecule has 2 heterocycles. The van der Waals surface area contributed by atoms with Gasteiger partial charge in [-0.1, -0.05) is 182 Å². The zero-order chi connectivity index (χ0) is 40.3. The molecule has 0 N–H and O–H groups in total. The van der Waals surface area contributed by atoms with Crippen molar-refractivity contribution in [1.29, 1.82) is 0 Å². The van der Waals surface area contributed by atoms with Crippen molar-refractivity contribution in [3.8, 4) is 67.5 Å². The number of nitrogens with zero attached hydrogens (tertiary/aromatic N) is 3. The molecular formula is C57H35N3O. The molecule has 0 radical (unpaired) electrons. The summed E-state index contributed by atoms with van der Waals surface area (Å²) in [7, 11) is 0. The predicted molar refractivity (Wildman–Crippen MR) is 252 cm³/mol. The molecule has 0 spiro atoms. The highest BCUT2D eigenvalue weighted by atomic mass is 16.3. The lowest BCUT2D eigenvalue weighted by Crippen LogP contribution is -2.01. The Morgan fingerprint density at radius 2 is 0.852 bits per heavy atom. The third-order valence-corrected chi connectivity index (χ3v) is 11.9. The van der Waals surface area contributed by atoms with E-state index in [1.807, 2.05) is 30.3 Å². The van der Waals surface area contributed by atoms with Crippen LogP contribution in [0, 0.1) is 0 Å². The van der Waals surface area contributed by atoms with Crippen LogP contribution in [0.2, 0.25) is 0 Å². The van der Waals surface area contributed by atoms with Crippen LogP contribution in [0.1, 0.15) is 0 Å². The van der Waals surface area contributed by atoms with Gasteiger partial charge in [0.2, 0.25) is 0 Å². The number of furan rings is 1. The van der Waals surface area contributed by atoms with Gasteiger partial charge in [-0.15, -0.1) is 0 Å². The topological polar surface area (TPSA) is 51.8 Å². The molecule has 4 nitrogen and oxygen atoms in total. The minimum atomic E-state index is 0.599. The number of benzene rings is 10. The Bertz CT molecular complexity index is 3650. The predicted octanol–water partition coefficient (Wildman–Crippen LogP) is 15.2. The van der Waals surface area contributed by atoms with Crippen LogP contribution in [-0.4, -0.2) is 15.0 Å². The molecule has 0 amide bonds. The summed E-state index contributed by atoms with van der Waals surface area (Å²) in [6.45, 7) is 0. The van der Waals surface area contributed by atoms with Crippen molar-refractivity contribution in [2.24, 2.45) is 0 Å². The number of aromatic nitrogens is 3. The highest BCUT2D eigenvalue weighted by Gasteiger charge is 2.18. The van der Waals surface area contributed by atoms with E-state index in [-0.39, 0.29) is 0 Å². The fourth-order valence-corrected chi connectivity index (χ4v) is 8.96. The van der Waals surface area contributed by atoms with Gasteiger partial charge in [-0.2, -0.15) is 0 Å². The van der Waals surface area contributed by atoms with Gasteiger partial charge in [0, 0.05) is 27.5 Å². The zero-order valence-electron chi connectivity index (χ0n) is 33.0. The Kier molecular flexibility index (Phi) is 8.13. The summed E-state index contributed by atoms with van der Waals surface area (Å²) in [5.74, 6) is 1.81. The number of fused-ring (bicyclic) bond motifs is 7. The summed E-state index contributed by atoms with van der Waals surface area (Å²) in [5, 5.41) is 9.60. The van der Waals surface area contributed by atoms with Gasteiger partial charge in [0.1, 0.15) is 11.2 Å². The third-order valence-electron chi connectivity index (χ3n) is 11.9. The average molecular weight is 778 g/mol. The smallest absolute Gasteiger partial charge is 0.164 e. The fraction of sp³-hybridized carbons (Fsp3) is 0. The molecule has 0 fully saturated rings.